The lowest BCUT2D eigenvalue weighted by molar-refractivity contribution is 0.0935. The Morgan fingerprint density at radius 3 is 2.78 bits per heavy atom. The molecular formula is C14H21N3O. The summed E-state index contributed by atoms with van der Waals surface area (Å²) >= 11 is 0. The van der Waals surface area contributed by atoms with Crippen LogP contribution in [0.5, 0.6) is 0 Å². The molecule has 0 spiro atoms. The van der Waals surface area contributed by atoms with Crippen molar-refractivity contribution in [3.63, 3.8) is 0 Å². The summed E-state index contributed by atoms with van der Waals surface area (Å²) in [5.41, 5.74) is 7.47. The fourth-order valence-electron chi connectivity index (χ4n) is 2.22. The van der Waals surface area contributed by atoms with Crippen molar-refractivity contribution < 1.29 is 4.79 Å². The summed E-state index contributed by atoms with van der Waals surface area (Å²) in [5, 5.41) is 2.97. The van der Waals surface area contributed by atoms with Crippen LogP contribution in [0.15, 0.2) is 24.3 Å². The third kappa shape index (κ3) is 3.01. The third-order valence-electron chi connectivity index (χ3n) is 3.45. The largest absolute Gasteiger partial charge is 0.378 e. The number of carbonyl (C=O) groups excluding carboxylic acids is 1. The Kier molecular flexibility index (Phi) is 3.87. The lowest BCUT2D eigenvalue weighted by Gasteiger charge is -2.32. The van der Waals surface area contributed by atoms with Gasteiger partial charge in [-0.1, -0.05) is 6.07 Å². The summed E-state index contributed by atoms with van der Waals surface area (Å²) in [6.45, 7) is 0.735. The van der Waals surface area contributed by atoms with Crippen LogP contribution in [0.2, 0.25) is 0 Å². The van der Waals surface area contributed by atoms with E-state index in [0.717, 1.165) is 25.1 Å². The van der Waals surface area contributed by atoms with Crippen molar-refractivity contribution in [3.05, 3.63) is 29.8 Å². The first kappa shape index (κ1) is 12.9. The number of nitrogens with zero attached hydrogens (tertiary/aromatic N) is 1. The number of amides is 1. The molecule has 0 unspecified atom stereocenters. The highest BCUT2D eigenvalue weighted by molar-refractivity contribution is 5.95. The number of nitrogens with one attached hydrogen (secondary N) is 1. The number of nitrogens with two attached hydrogens (primary N) is 1. The van der Waals surface area contributed by atoms with E-state index in [0.29, 0.717) is 17.5 Å². The average Bonchev–Trinajstić information content (AvgIpc) is 2.33. The van der Waals surface area contributed by atoms with Crippen LogP contribution in [-0.4, -0.2) is 32.6 Å². The Labute approximate surface area is 108 Å². The highest BCUT2D eigenvalue weighted by atomic mass is 16.1. The van der Waals surface area contributed by atoms with Gasteiger partial charge in [-0.05, 0) is 37.0 Å². The summed E-state index contributed by atoms with van der Waals surface area (Å²) in [4.78, 5) is 14.0. The van der Waals surface area contributed by atoms with Gasteiger partial charge in [0.05, 0.1) is 0 Å². The maximum atomic E-state index is 12.0. The average molecular weight is 247 g/mol. The maximum absolute atomic E-state index is 12.0. The monoisotopic (exact) mass is 247 g/mol. The van der Waals surface area contributed by atoms with Crippen LogP contribution in [0, 0.1) is 5.92 Å². The van der Waals surface area contributed by atoms with Gasteiger partial charge < -0.3 is 16.0 Å². The van der Waals surface area contributed by atoms with Gasteiger partial charge in [0.25, 0.3) is 5.91 Å². The summed E-state index contributed by atoms with van der Waals surface area (Å²) in [6.07, 6.45) is 2.05. The molecule has 1 aromatic rings. The number of benzene rings is 1. The van der Waals surface area contributed by atoms with Crippen LogP contribution in [0.25, 0.3) is 0 Å². The molecule has 0 saturated heterocycles. The van der Waals surface area contributed by atoms with E-state index < -0.39 is 0 Å². The zero-order valence-corrected chi connectivity index (χ0v) is 11.0. The van der Waals surface area contributed by atoms with Gasteiger partial charge >= 0.3 is 0 Å². The molecule has 1 aliphatic rings. The lowest BCUT2D eigenvalue weighted by atomic mass is 9.81. The fraction of sp³-hybridized carbons (Fsp3) is 0.500. The van der Waals surface area contributed by atoms with E-state index in [1.807, 2.05) is 43.3 Å². The minimum Gasteiger partial charge on any atom is -0.378 e. The van der Waals surface area contributed by atoms with E-state index in [4.69, 9.17) is 5.73 Å². The van der Waals surface area contributed by atoms with Crippen molar-refractivity contribution in [1.82, 2.24) is 5.32 Å². The van der Waals surface area contributed by atoms with Gasteiger partial charge in [0.15, 0.2) is 0 Å². The number of carbonyl (C=O) groups is 1. The smallest absolute Gasteiger partial charge is 0.251 e. The third-order valence-corrected chi connectivity index (χ3v) is 3.45. The van der Waals surface area contributed by atoms with Crippen molar-refractivity contribution in [2.75, 3.05) is 25.5 Å². The molecule has 1 aromatic carbocycles. The van der Waals surface area contributed by atoms with Crippen molar-refractivity contribution in [1.29, 1.82) is 0 Å². The van der Waals surface area contributed by atoms with Crippen LogP contribution >= 0.6 is 0 Å². The van der Waals surface area contributed by atoms with E-state index in [-0.39, 0.29) is 5.91 Å². The second kappa shape index (κ2) is 5.40. The fourth-order valence-corrected chi connectivity index (χ4v) is 2.22. The van der Waals surface area contributed by atoms with Crippen LogP contribution in [0.4, 0.5) is 5.69 Å². The van der Waals surface area contributed by atoms with E-state index in [9.17, 15) is 4.79 Å². The van der Waals surface area contributed by atoms with Gasteiger partial charge in [0.1, 0.15) is 0 Å². The summed E-state index contributed by atoms with van der Waals surface area (Å²) in [7, 11) is 3.93. The topological polar surface area (TPSA) is 58.4 Å². The van der Waals surface area contributed by atoms with Crippen molar-refractivity contribution in [2.24, 2.45) is 11.7 Å². The molecular weight excluding hydrogens is 226 g/mol. The second-order valence-electron chi connectivity index (χ2n) is 5.25. The SMILES string of the molecule is CN(C)c1cccc(C(=O)NCC2CC(N)C2)c1. The Balaban J connectivity index is 1.90. The molecule has 1 saturated carbocycles. The zero-order valence-electron chi connectivity index (χ0n) is 11.0. The van der Waals surface area contributed by atoms with E-state index in [2.05, 4.69) is 5.32 Å². The quantitative estimate of drug-likeness (QED) is 0.841. The standard InChI is InChI=1S/C14H21N3O/c1-17(2)13-5-3-4-11(8-13)14(18)16-9-10-6-12(15)7-10/h3-5,8,10,12H,6-7,9,15H2,1-2H3,(H,16,18). The minimum atomic E-state index is -0.000767. The van der Waals surface area contributed by atoms with Gasteiger partial charge in [-0.3, -0.25) is 4.79 Å². The molecule has 0 aromatic heterocycles. The summed E-state index contributed by atoms with van der Waals surface area (Å²) < 4.78 is 0. The molecule has 2 rings (SSSR count). The minimum absolute atomic E-state index is 0.000767. The van der Waals surface area contributed by atoms with Crippen molar-refractivity contribution in [2.45, 2.75) is 18.9 Å². The maximum Gasteiger partial charge on any atom is 0.251 e. The molecule has 4 heteroatoms. The summed E-state index contributed by atoms with van der Waals surface area (Å²) in [5.74, 6) is 0.556. The molecule has 1 amide bonds. The molecule has 1 aliphatic carbocycles. The van der Waals surface area contributed by atoms with Crippen molar-refractivity contribution in [3.8, 4) is 0 Å². The van der Waals surface area contributed by atoms with E-state index in [1.54, 1.807) is 0 Å². The highest BCUT2D eigenvalue weighted by Gasteiger charge is 2.25. The molecule has 98 valence electrons. The number of hydrogen-bond donors (Lipinski definition) is 2. The van der Waals surface area contributed by atoms with Crippen LogP contribution in [0.1, 0.15) is 23.2 Å². The molecule has 4 nitrogen and oxygen atoms in total. The second-order valence-corrected chi connectivity index (χ2v) is 5.25. The van der Waals surface area contributed by atoms with Gasteiger partial charge in [0, 0.05) is 37.9 Å². The van der Waals surface area contributed by atoms with Gasteiger partial charge in [-0.2, -0.15) is 0 Å². The van der Waals surface area contributed by atoms with Crippen LogP contribution < -0.4 is 16.0 Å². The van der Waals surface area contributed by atoms with Crippen molar-refractivity contribution >= 4 is 11.6 Å². The molecule has 18 heavy (non-hydrogen) atoms. The van der Waals surface area contributed by atoms with Gasteiger partial charge in [0.2, 0.25) is 0 Å². The highest BCUT2D eigenvalue weighted by Crippen LogP contribution is 2.24. The van der Waals surface area contributed by atoms with Gasteiger partial charge in [-0.15, -0.1) is 0 Å². The normalized spacial score (nSPS) is 22.2. The molecule has 0 atom stereocenters. The first-order valence-corrected chi connectivity index (χ1v) is 6.37. The number of hydrogen-bond acceptors (Lipinski definition) is 3. The van der Waals surface area contributed by atoms with E-state index in [1.165, 1.54) is 0 Å². The van der Waals surface area contributed by atoms with E-state index >= 15 is 0 Å². The van der Waals surface area contributed by atoms with Gasteiger partial charge in [-0.25, -0.2) is 0 Å². The molecule has 0 aliphatic heterocycles. The first-order chi connectivity index (χ1) is 8.56. The first-order valence-electron chi connectivity index (χ1n) is 6.37. The Bertz CT molecular complexity index is 425. The Morgan fingerprint density at radius 1 is 1.44 bits per heavy atom. The number of anilines is 1. The lowest BCUT2D eigenvalue weighted by Crippen LogP contribution is -2.42. The van der Waals surface area contributed by atoms with Crippen LogP contribution in [-0.2, 0) is 0 Å². The molecule has 0 bridgehead atoms. The molecule has 1 fully saturated rings. The molecule has 0 heterocycles. The Morgan fingerprint density at radius 2 is 2.17 bits per heavy atom. The molecule has 0 radical (unpaired) electrons. The Hall–Kier alpha value is -1.55. The predicted octanol–water partition coefficient (Wildman–Crippen LogP) is 1.22. The number of rotatable bonds is 4. The molecule has 3 N–H and O–H groups in total. The zero-order chi connectivity index (χ0) is 13.1. The predicted molar refractivity (Wildman–Crippen MR) is 73.8 cm³/mol. The summed E-state index contributed by atoms with van der Waals surface area (Å²) in [6, 6.07) is 7.98. The van der Waals surface area contributed by atoms with Crippen LogP contribution in [0.3, 0.4) is 0 Å².